The molecule has 126 valence electrons. The van der Waals surface area contributed by atoms with Crippen molar-refractivity contribution in [2.24, 2.45) is 0 Å². The first-order valence-electron chi connectivity index (χ1n) is 9.06. The van der Waals surface area contributed by atoms with Crippen molar-refractivity contribution in [2.75, 3.05) is 6.61 Å². The van der Waals surface area contributed by atoms with Crippen LogP contribution in [-0.4, -0.2) is 32.7 Å². The van der Waals surface area contributed by atoms with E-state index in [9.17, 15) is 0 Å². The topological polar surface area (TPSA) is 22.1 Å². The molecule has 0 aliphatic heterocycles. The number of rotatable bonds is 13. The summed E-state index contributed by atoms with van der Waals surface area (Å²) in [6, 6.07) is 0. The summed E-state index contributed by atoms with van der Waals surface area (Å²) < 4.78 is 7.81. The van der Waals surface area contributed by atoms with Crippen molar-refractivity contribution >= 4 is 35.4 Å². The molecule has 0 spiro atoms. The molecule has 0 amide bonds. The monoisotopic (exact) mass is 431 g/mol. The van der Waals surface area contributed by atoms with Gasteiger partial charge in [0.1, 0.15) is 0 Å². The molecule has 0 N–H and O–H groups in total. The van der Waals surface area contributed by atoms with E-state index in [2.05, 4.69) is 32.0 Å². The van der Waals surface area contributed by atoms with Gasteiger partial charge in [0.15, 0.2) is 0 Å². The molecular weight excluding hydrogens is 397 g/mol. The molecule has 0 atom stereocenters. The fourth-order valence-corrected chi connectivity index (χ4v) is 10.6. The van der Waals surface area contributed by atoms with E-state index in [4.69, 9.17) is 4.74 Å². The van der Waals surface area contributed by atoms with Crippen molar-refractivity contribution in [2.45, 2.75) is 88.9 Å². The second-order valence-electron chi connectivity index (χ2n) is 6.14. The SMILES string of the molecule is CCCC[C](CCCC)(CCCC)[Sn][c]1cnc(OCC)s1. The first kappa shape index (κ1) is 20.3. The van der Waals surface area contributed by atoms with Crippen molar-refractivity contribution in [1.82, 2.24) is 4.98 Å². The van der Waals surface area contributed by atoms with E-state index >= 15 is 0 Å². The third-order valence-electron chi connectivity index (χ3n) is 4.17. The molecule has 4 heteroatoms. The fourth-order valence-electron chi connectivity index (χ4n) is 2.88. The van der Waals surface area contributed by atoms with Crippen LogP contribution in [0.3, 0.4) is 0 Å². The van der Waals surface area contributed by atoms with Gasteiger partial charge in [-0.05, 0) is 0 Å². The van der Waals surface area contributed by atoms with Crippen LogP contribution in [0.15, 0.2) is 6.20 Å². The summed E-state index contributed by atoms with van der Waals surface area (Å²) in [6.07, 6.45) is 14.6. The van der Waals surface area contributed by atoms with E-state index < -0.39 is 21.1 Å². The Hall–Kier alpha value is 0.229. The van der Waals surface area contributed by atoms with Crippen LogP contribution >= 0.6 is 11.3 Å². The first-order chi connectivity index (χ1) is 10.7. The van der Waals surface area contributed by atoms with Gasteiger partial charge in [-0.2, -0.15) is 0 Å². The van der Waals surface area contributed by atoms with Crippen molar-refractivity contribution < 1.29 is 4.74 Å². The molecule has 0 saturated carbocycles. The van der Waals surface area contributed by atoms with Gasteiger partial charge in [-0.25, -0.2) is 0 Å². The number of unbranched alkanes of at least 4 members (excludes halogenated alkanes) is 3. The number of aromatic nitrogens is 1. The van der Waals surface area contributed by atoms with Crippen LogP contribution in [-0.2, 0) is 0 Å². The van der Waals surface area contributed by atoms with E-state index in [1.807, 2.05) is 18.3 Å². The van der Waals surface area contributed by atoms with Gasteiger partial charge >= 0.3 is 152 Å². The molecule has 0 aromatic carbocycles. The Morgan fingerprint density at radius 3 is 2.00 bits per heavy atom. The summed E-state index contributed by atoms with van der Waals surface area (Å²) in [7, 11) is 0. The quantitative estimate of drug-likeness (QED) is 0.380. The molecule has 1 heterocycles. The molecule has 0 aliphatic carbocycles. The molecule has 2 radical (unpaired) electrons. The molecule has 0 bridgehead atoms. The Labute approximate surface area is 151 Å². The zero-order valence-corrected chi connectivity index (χ0v) is 18.6. The van der Waals surface area contributed by atoms with Crippen LogP contribution in [0, 0.1) is 0 Å². The summed E-state index contributed by atoms with van der Waals surface area (Å²) >= 11 is 1.21. The zero-order valence-electron chi connectivity index (χ0n) is 14.9. The van der Waals surface area contributed by atoms with E-state index in [0.29, 0.717) is 3.43 Å². The second-order valence-corrected chi connectivity index (χ2v) is 13.4. The van der Waals surface area contributed by atoms with Crippen LogP contribution < -0.4 is 7.63 Å². The molecule has 0 saturated heterocycles. The summed E-state index contributed by atoms with van der Waals surface area (Å²) in [4.78, 5) is 4.47. The first-order valence-corrected chi connectivity index (χ1v) is 12.7. The van der Waals surface area contributed by atoms with Crippen molar-refractivity contribution in [1.29, 1.82) is 0 Å². The van der Waals surface area contributed by atoms with Gasteiger partial charge in [0.05, 0.1) is 0 Å². The van der Waals surface area contributed by atoms with Gasteiger partial charge in [0.2, 0.25) is 0 Å². The van der Waals surface area contributed by atoms with Crippen LogP contribution in [0.4, 0.5) is 0 Å². The molecule has 22 heavy (non-hydrogen) atoms. The third-order valence-corrected chi connectivity index (χ3v) is 11.2. The molecule has 0 fully saturated rings. The fraction of sp³-hybridized carbons (Fsp3) is 0.833. The Morgan fingerprint density at radius 1 is 1.00 bits per heavy atom. The molecular formula is C18H33NOSSn. The average Bonchev–Trinajstić information content (AvgIpc) is 2.96. The number of hydrogen-bond donors (Lipinski definition) is 0. The van der Waals surface area contributed by atoms with Gasteiger partial charge in [-0.1, -0.05) is 0 Å². The third kappa shape index (κ3) is 7.20. The zero-order chi connectivity index (χ0) is 16.3. The maximum absolute atomic E-state index is 5.58. The Morgan fingerprint density at radius 2 is 1.55 bits per heavy atom. The molecule has 0 aliphatic rings. The minimum atomic E-state index is -0.616. The van der Waals surface area contributed by atoms with Gasteiger partial charge in [0, 0.05) is 0 Å². The van der Waals surface area contributed by atoms with E-state index in [0.717, 1.165) is 11.8 Å². The molecule has 1 aromatic heterocycles. The molecule has 1 rings (SSSR count). The summed E-state index contributed by atoms with van der Waals surface area (Å²) in [5, 5.41) is 0.883. The van der Waals surface area contributed by atoms with Crippen LogP contribution in [0.2, 0.25) is 3.43 Å². The molecule has 0 unspecified atom stereocenters. The second kappa shape index (κ2) is 11.7. The van der Waals surface area contributed by atoms with E-state index in [1.165, 1.54) is 57.8 Å². The summed E-state index contributed by atoms with van der Waals surface area (Å²) in [5.41, 5.74) is 0. The van der Waals surface area contributed by atoms with Crippen molar-refractivity contribution in [3.8, 4) is 5.19 Å². The summed E-state index contributed by atoms with van der Waals surface area (Å²) in [6.45, 7) is 9.75. The van der Waals surface area contributed by atoms with E-state index in [-0.39, 0.29) is 0 Å². The van der Waals surface area contributed by atoms with Crippen molar-refractivity contribution in [3.05, 3.63) is 6.20 Å². The number of nitrogens with zero attached hydrogens (tertiary/aromatic N) is 1. The average molecular weight is 430 g/mol. The van der Waals surface area contributed by atoms with Crippen molar-refractivity contribution in [3.63, 3.8) is 0 Å². The number of ether oxygens (including phenoxy) is 1. The Bertz CT molecular complexity index is 372. The van der Waals surface area contributed by atoms with Crippen LogP contribution in [0.1, 0.15) is 85.5 Å². The normalized spacial score (nSPS) is 11.8. The van der Waals surface area contributed by atoms with Gasteiger partial charge in [-0.15, -0.1) is 0 Å². The van der Waals surface area contributed by atoms with Crippen LogP contribution in [0.25, 0.3) is 0 Å². The van der Waals surface area contributed by atoms with Gasteiger partial charge < -0.3 is 0 Å². The number of hydrogen-bond acceptors (Lipinski definition) is 3. The van der Waals surface area contributed by atoms with E-state index in [1.54, 1.807) is 2.89 Å². The number of thiazole rings is 1. The standard InChI is InChI=1S/C13H27.C5H6NOS.Sn/c1-4-7-10-13(11-8-5-2)12-9-6-3;1-2-7-5-6-3-4-8-5;/h4-12H2,1-3H3;3H,2H2,1H3;. The predicted molar refractivity (Wildman–Crippen MR) is 99.9 cm³/mol. The Balaban J connectivity index is 2.82. The van der Waals surface area contributed by atoms with Crippen LogP contribution in [0.5, 0.6) is 5.19 Å². The minimum absolute atomic E-state index is 0.616. The van der Waals surface area contributed by atoms with Gasteiger partial charge in [-0.3, -0.25) is 0 Å². The maximum atomic E-state index is 5.58. The molecule has 1 aromatic rings. The van der Waals surface area contributed by atoms with Gasteiger partial charge in [0.25, 0.3) is 0 Å². The predicted octanol–water partition coefficient (Wildman–Crippen LogP) is 5.60. The summed E-state index contributed by atoms with van der Waals surface area (Å²) in [5.74, 6) is 0. The molecule has 2 nitrogen and oxygen atoms in total. The Kier molecular flexibility index (Phi) is 10.8.